The largest absolute Gasteiger partial charge is 0.481 e. The van der Waals surface area contributed by atoms with E-state index in [9.17, 15) is 0 Å². The Kier molecular flexibility index (Phi) is 3.63. The number of rotatable bonds is 3. The van der Waals surface area contributed by atoms with E-state index in [1.54, 1.807) is 18.2 Å². The van der Waals surface area contributed by atoms with Gasteiger partial charge in [-0.05, 0) is 18.2 Å². The Bertz CT molecular complexity index is 330. The van der Waals surface area contributed by atoms with Crippen molar-refractivity contribution in [2.24, 2.45) is 5.73 Å². The van der Waals surface area contributed by atoms with Crippen molar-refractivity contribution in [3.8, 4) is 18.1 Å². The maximum Gasteiger partial charge on any atom is 0.148 e. The van der Waals surface area contributed by atoms with Gasteiger partial charge < -0.3 is 10.5 Å². The number of hydrogen-bond acceptors (Lipinski definition) is 2. The molecule has 0 unspecified atom stereocenters. The van der Waals surface area contributed by atoms with Gasteiger partial charge in [-0.2, -0.15) is 0 Å². The molecule has 1 rings (SSSR count). The van der Waals surface area contributed by atoms with Crippen molar-refractivity contribution in [1.29, 1.82) is 0 Å². The number of ether oxygens (including phenoxy) is 1. The van der Waals surface area contributed by atoms with Crippen LogP contribution in [-0.2, 0) is 6.54 Å². The first-order valence-corrected chi connectivity index (χ1v) is 4.20. The average molecular weight is 196 g/mol. The quantitative estimate of drug-likeness (QED) is 0.747. The molecule has 0 radical (unpaired) electrons. The Morgan fingerprint density at radius 1 is 1.54 bits per heavy atom. The zero-order valence-corrected chi connectivity index (χ0v) is 7.84. The fraction of sp³-hybridized carbons (Fsp3) is 0.200. The fourth-order valence-corrected chi connectivity index (χ4v) is 1.16. The topological polar surface area (TPSA) is 35.2 Å². The minimum absolute atomic E-state index is 0.245. The summed E-state index contributed by atoms with van der Waals surface area (Å²) in [6.45, 7) is 0.634. The third kappa shape index (κ3) is 2.66. The maximum absolute atomic E-state index is 5.78. The lowest BCUT2D eigenvalue weighted by Crippen LogP contribution is -2.02. The monoisotopic (exact) mass is 195 g/mol. The zero-order chi connectivity index (χ0) is 9.68. The van der Waals surface area contributed by atoms with Gasteiger partial charge in [-0.3, -0.25) is 0 Å². The van der Waals surface area contributed by atoms with Crippen molar-refractivity contribution in [3.63, 3.8) is 0 Å². The molecule has 0 fully saturated rings. The van der Waals surface area contributed by atoms with E-state index in [0.29, 0.717) is 17.3 Å². The second-order valence-electron chi connectivity index (χ2n) is 2.45. The van der Waals surface area contributed by atoms with Crippen LogP contribution in [0.4, 0.5) is 0 Å². The zero-order valence-electron chi connectivity index (χ0n) is 7.09. The molecule has 0 aromatic heterocycles. The molecule has 1 aromatic rings. The highest BCUT2D eigenvalue weighted by molar-refractivity contribution is 6.30. The lowest BCUT2D eigenvalue weighted by Gasteiger charge is -2.07. The molecule has 0 aliphatic rings. The van der Waals surface area contributed by atoms with Crippen LogP contribution in [0.5, 0.6) is 5.75 Å². The van der Waals surface area contributed by atoms with Crippen molar-refractivity contribution < 1.29 is 4.74 Å². The third-order valence-corrected chi connectivity index (χ3v) is 1.79. The highest BCUT2D eigenvalue weighted by Gasteiger charge is 2.01. The van der Waals surface area contributed by atoms with Crippen molar-refractivity contribution in [2.75, 3.05) is 6.61 Å². The van der Waals surface area contributed by atoms with Gasteiger partial charge in [-0.1, -0.05) is 17.5 Å². The summed E-state index contributed by atoms with van der Waals surface area (Å²) in [5.41, 5.74) is 6.36. The second kappa shape index (κ2) is 4.76. The third-order valence-electron chi connectivity index (χ3n) is 1.55. The van der Waals surface area contributed by atoms with Crippen LogP contribution < -0.4 is 10.5 Å². The summed E-state index contributed by atoms with van der Waals surface area (Å²) >= 11 is 5.78. The van der Waals surface area contributed by atoms with Gasteiger partial charge >= 0.3 is 0 Å². The SMILES string of the molecule is C#CCOc1ccc(Cl)cc1CN. The lowest BCUT2D eigenvalue weighted by molar-refractivity contribution is 0.366. The van der Waals surface area contributed by atoms with Gasteiger partial charge in [0.25, 0.3) is 0 Å². The van der Waals surface area contributed by atoms with Crippen LogP contribution in [0.2, 0.25) is 5.02 Å². The predicted molar refractivity (Wildman–Crippen MR) is 53.7 cm³/mol. The summed E-state index contributed by atoms with van der Waals surface area (Å²) in [4.78, 5) is 0. The molecular weight excluding hydrogens is 186 g/mol. The van der Waals surface area contributed by atoms with E-state index in [1.807, 2.05) is 0 Å². The van der Waals surface area contributed by atoms with E-state index in [2.05, 4.69) is 5.92 Å². The molecule has 0 aliphatic carbocycles. The molecule has 0 aliphatic heterocycles. The number of terminal acetylenes is 1. The standard InChI is InChI=1S/C10H10ClNO/c1-2-5-13-10-4-3-9(11)6-8(10)7-12/h1,3-4,6H,5,7,12H2. The summed E-state index contributed by atoms with van der Waals surface area (Å²) in [5.74, 6) is 3.09. The van der Waals surface area contributed by atoms with E-state index in [-0.39, 0.29) is 6.61 Å². The van der Waals surface area contributed by atoms with Crippen LogP contribution >= 0.6 is 11.6 Å². The van der Waals surface area contributed by atoms with Crippen molar-refractivity contribution >= 4 is 11.6 Å². The van der Waals surface area contributed by atoms with E-state index in [4.69, 9.17) is 28.5 Å². The summed E-state index contributed by atoms with van der Waals surface area (Å²) in [6, 6.07) is 5.28. The summed E-state index contributed by atoms with van der Waals surface area (Å²) in [7, 11) is 0. The van der Waals surface area contributed by atoms with Crippen molar-refractivity contribution in [3.05, 3.63) is 28.8 Å². The second-order valence-corrected chi connectivity index (χ2v) is 2.89. The first-order valence-electron chi connectivity index (χ1n) is 3.82. The Morgan fingerprint density at radius 3 is 2.92 bits per heavy atom. The number of benzene rings is 1. The first-order chi connectivity index (χ1) is 6.27. The van der Waals surface area contributed by atoms with Gasteiger partial charge in [0.15, 0.2) is 0 Å². The molecule has 0 atom stereocenters. The molecule has 0 spiro atoms. The van der Waals surface area contributed by atoms with Crippen LogP contribution in [0.3, 0.4) is 0 Å². The van der Waals surface area contributed by atoms with Gasteiger partial charge in [-0.25, -0.2) is 0 Å². The van der Waals surface area contributed by atoms with E-state index >= 15 is 0 Å². The summed E-state index contributed by atoms with van der Waals surface area (Å²) in [5, 5.41) is 0.647. The summed E-state index contributed by atoms with van der Waals surface area (Å²) < 4.78 is 5.26. The van der Waals surface area contributed by atoms with Crippen LogP contribution in [0.1, 0.15) is 5.56 Å². The minimum atomic E-state index is 0.245. The first kappa shape index (κ1) is 9.91. The number of hydrogen-bond donors (Lipinski definition) is 1. The number of halogens is 1. The van der Waals surface area contributed by atoms with Crippen molar-refractivity contribution in [1.82, 2.24) is 0 Å². The molecule has 0 amide bonds. The highest BCUT2D eigenvalue weighted by Crippen LogP contribution is 2.22. The Morgan fingerprint density at radius 2 is 2.31 bits per heavy atom. The fourth-order valence-electron chi connectivity index (χ4n) is 0.968. The minimum Gasteiger partial charge on any atom is -0.481 e. The molecule has 0 saturated heterocycles. The van der Waals surface area contributed by atoms with Gasteiger partial charge in [0.2, 0.25) is 0 Å². The van der Waals surface area contributed by atoms with Crippen LogP contribution in [0.15, 0.2) is 18.2 Å². The Labute approximate surface area is 82.6 Å². The van der Waals surface area contributed by atoms with Crippen LogP contribution in [0, 0.1) is 12.3 Å². The van der Waals surface area contributed by atoms with Crippen molar-refractivity contribution in [2.45, 2.75) is 6.54 Å². The molecule has 0 heterocycles. The molecule has 3 heteroatoms. The van der Waals surface area contributed by atoms with Crippen LogP contribution in [0.25, 0.3) is 0 Å². The molecule has 68 valence electrons. The van der Waals surface area contributed by atoms with E-state index in [0.717, 1.165) is 5.56 Å². The Balaban J connectivity index is 2.87. The molecule has 2 nitrogen and oxygen atoms in total. The van der Waals surface area contributed by atoms with Crippen LogP contribution in [-0.4, -0.2) is 6.61 Å². The van der Waals surface area contributed by atoms with Gasteiger partial charge in [0, 0.05) is 17.1 Å². The molecule has 0 saturated carbocycles. The highest BCUT2D eigenvalue weighted by atomic mass is 35.5. The van der Waals surface area contributed by atoms with Gasteiger partial charge in [-0.15, -0.1) is 6.42 Å². The van der Waals surface area contributed by atoms with Gasteiger partial charge in [0.05, 0.1) is 0 Å². The molecular formula is C10H10ClNO. The summed E-state index contributed by atoms with van der Waals surface area (Å²) in [6.07, 6.45) is 5.07. The normalized spacial score (nSPS) is 9.31. The van der Waals surface area contributed by atoms with E-state index in [1.165, 1.54) is 0 Å². The molecule has 0 bridgehead atoms. The number of nitrogens with two attached hydrogens (primary N) is 1. The Hall–Kier alpha value is -1.17. The molecule has 1 aromatic carbocycles. The molecule has 13 heavy (non-hydrogen) atoms. The van der Waals surface area contributed by atoms with Gasteiger partial charge in [0.1, 0.15) is 12.4 Å². The average Bonchev–Trinajstić information content (AvgIpc) is 2.16. The maximum atomic E-state index is 5.78. The van der Waals surface area contributed by atoms with E-state index < -0.39 is 0 Å². The smallest absolute Gasteiger partial charge is 0.148 e. The molecule has 2 N–H and O–H groups in total. The predicted octanol–water partition coefficient (Wildman–Crippen LogP) is 1.81. The lowest BCUT2D eigenvalue weighted by atomic mass is 10.2.